The molecule has 1 aromatic rings. The molecule has 1 aromatic heterocycles. The molecule has 0 bridgehead atoms. The Morgan fingerprint density at radius 1 is 1.64 bits per heavy atom. The molecule has 0 atom stereocenters. The van der Waals surface area contributed by atoms with Crippen molar-refractivity contribution in [3.05, 3.63) is 22.8 Å². The SMILES string of the molecule is COc1nccc(Cl)c1CS(=O)(=O)F. The van der Waals surface area contributed by atoms with Gasteiger partial charge in [-0.05, 0) is 6.07 Å². The Labute approximate surface area is 85.9 Å². The van der Waals surface area contributed by atoms with Crippen LogP contribution in [-0.2, 0) is 16.0 Å². The largest absolute Gasteiger partial charge is 0.481 e. The zero-order valence-electron chi connectivity index (χ0n) is 7.20. The van der Waals surface area contributed by atoms with Crippen LogP contribution < -0.4 is 4.74 Å². The number of halogens is 2. The molecular weight excluding hydrogens is 233 g/mol. The van der Waals surface area contributed by atoms with Gasteiger partial charge in [0.05, 0.1) is 17.7 Å². The first-order valence-corrected chi connectivity index (χ1v) is 5.47. The van der Waals surface area contributed by atoms with E-state index in [0.29, 0.717) is 0 Å². The van der Waals surface area contributed by atoms with Crippen LogP contribution in [0.2, 0.25) is 5.02 Å². The first-order chi connectivity index (χ1) is 6.44. The zero-order valence-corrected chi connectivity index (χ0v) is 8.77. The average molecular weight is 240 g/mol. The Bertz CT molecular complexity index is 435. The lowest BCUT2D eigenvalue weighted by molar-refractivity contribution is 0.393. The first kappa shape index (κ1) is 11.2. The van der Waals surface area contributed by atoms with Gasteiger partial charge in [0, 0.05) is 6.20 Å². The van der Waals surface area contributed by atoms with Gasteiger partial charge >= 0.3 is 10.2 Å². The van der Waals surface area contributed by atoms with Crippen molar-refractivity contribution >= 4 is 21.8 Å². The number of methoxy groups -OCH3 is 1. The van der Waals surface area contributed by atoms with E-state index in [1.54, 1.807) is 0 Å². The van der Waals surface area contributed by atoms with E-state index in [4.69, 9.17) is 16.3 Å². The predicted octanol–water partition coefficient (Wildman–Crippen LogP) is 1.54. The standard InChI is InChI=1S/C7H7ClFNO3S/c1-13-7-5(4-14(9,11)12)6(8)2-3-10-7/h2-3H,4H2,1H3. The van der Waals surface area contributed by atoms with Crippen LogP contribution in [0, 0.1) is 0 Å². The topological polar surface area (TPSA) is 56.3 Å². The van der Waals surface area contributed by atoms with Crippen LogP contribution in [0.15, 0.2) is 12.3 Å². The maximum atomic E-state index is 12.4. The van der Waals surface area contributed by atoms with Gasteiger partial charge in [-0.1, -0.05) is 11.6 Å². The maximum absolute atomic E-state index is 12.4. The second kappa shape index (κ2) is 4.10. The van der Waals surface area contributed by atoms with Gasteiger partial charge in [-0.2, -0.15) is 8.42 Å². The minimum atomic E-state index is -4.64. The van der Waals surface area contributed by atoms with E-state index in [2.05, 4.69) is 4.98 Å². The highest BCUT2D eigenvalue weighted by Crippen LogP contribution is 2.26. The van der Waals surface area contributed by atoms with E-state index in [0.717, 1.165) is 0 Å². The fourth-order valence-electron chi connectivity index (χ4n) is 0.930. The van der Waals surface area contributed by atoms with Crippen LogP contribution in [0.5, 0.6) is 5.88 Å². The van der Waals surface area contributed by atoms with Gasteiger partial charge in [0.1, 0.15) is 5.75 Å². The molecule has 0 saturated heterocycles. The molecule has 1 heterocycles. The molecule has 0 spiro atoms. The normalized spacial score (nSPS) is 11.4. The average Bonchev–Trinajstić information content (AvgIpc) is 2.06. The summed E-state index contributed by atoms with van der Waals surface area (Å²) in [6, 6.07) is 1.37. The third kappa shape index (κ3) is 2.81. The predicted molar refractivity (Wildman–Crippen MR) is 49.5 cm³/mol. The van der Waals surface area contributed by atoms with Gasteiger partial charge < -0.3 is 4.74 Å². The van der Waals surface area contributed by atoms with E-state index in [9.17, 15) is 12.3 Å². The molecule has 14 heavy (non-hydrogen) atoms. The number of rotatable bonds is 3. The lowest BCUT2D eigenvalue weighted by atomic mass is 10.3. The molecule has 0 aliphatic heterocycles. The minimum absolute atomic E-state index is 0.0127. The van der Waals surface area contributed by atoms with E-state index in [1.807, 2.05) is 0 Å². The number of ether oxygens (including phenoxy) is 1. The Balaban J connectivity index is 3.18. The Kier molecular flexibility index (Phi) is 3.28. The Morgan fingerprint density at radius 3 is 2.79 bits per heavy atom. The maximum Gasteiger partial charge on any atom is 0.306 e. The summed E-state index contributed by atoms with van der Waals surface area (Å²) in [5.74, 6) is -0.818. The van der Waals surface area contributed by atoms with Gasteiger partial charge in [-0.15, -0.1) is 3.89 Å². The van der Waals surface area contributed by atoms with Crippen molar-refractivity contribution in [2.24, 2.45) is 0 Å². The Hall–Kier alpha value is -0.880. The Morgan fingerprint density at radius 2 is 2.29 bits per heavy atom. The zero-order chi connectivity index (χ0) is 10.8. The minimum Gasteiger partial charge on any atom is -0.481 e. The summed E-state index contributed by atoms with van der Waals surface area (Å²) in [5.41, 5.74) is 0.0270. The van der Waals surface area contributed by atoms with Crippen molar-refractivity contribution in [2.45, 2.75) is 5.75 Å². The highest BCUT2D eigenvalue weighted by atomic mass is 35.5. The molecule has 0 unspecified atom stereocenters. The molecule has 0 saturated carbocycles. The molecule has 0 aromatic carbocycles. The molecule has 0 aliphatic carbocycles. The second-order valence-corrected chi connectivity index (χ2v) is 4.24. The highest BCUT2D eigenvalue weighted by Gasteiger charge is 2.17. The lowest BCUT2D eigenvalue weighted by Gasteiger charge is -2.06. The third-order valence-electron chi connectivity index (χ3n) is 1.47. The second-order valence-electron chi connectivity index (χ2n) is 2.46. The summed E-state index contributed by atoms with van der Waals surface area (Å²) in [5, 5.41) is 0.109. The van der Waals surface area contributed by atoms with Crippen molar-refractivity contribution < 1.29 is 17.0 Å². The van der Waals surface area contributed by atoms with Gasteiger partial charge in [0.15, 0.2) is 0 Å². The molecule has 0 radical (unpaired) electrons. The van der Waals surface area contributed by atoms with Gasteiger partial charge in [0.2, 0.25) is 5.88 Å². The van der Waals surface area contributed by atoms with Crippen molar-refractivity contribution in [2.75, 3.05) is 7.11 Å². The fraction of sp³-hybridized carbons (Fsp3) is 0.286. The summed E-state index contributed by atoms with van der Waals surface area (Å²) in [4.78, 5) is 3.70. The smallest absolute Gasteiger partial charge is 0.306 e. The van der Waals surface area contributed by atoms with Crippen molar-refractivity contribution in [1.29, 1.82) is 0 Å². The van der Waals surface area contributed by atoms with Gasteiger partial charge in [-0.3, -0.25) is 0 Å². The number of pyridine rings is 1. The number of aromatic nitrogens is 1. The summed E-state index contributed by atoms with van der Waals surface area (Å²) >= 11 is 5.66. The summed E-state index contributed by atoms with van der Waals surface area (Å²) in [6.45, 7) is 0. The van der Waals surface area contributed by atoms with Crippen molar-refractivity contribution in [1.82, 2.24) is 4.98 Å². The highest BCUT2D eigenvalue weighted by molar-refractivity contribution is 7.85. The molecule has 0 N–H and O–H groups in total. The third-order valence-corrected chi connectivity index (χ3v) is 2.46. The van der Waals surface area contributed by atoms with Crippen LogP contribution in [0.25, 0.3) is 0 Å². The molecular formula is C7H7ClFNO3S. The molecule has 0 fully saturated rings. The van der Waals surface area contributed by atoms with Crippen molar-refractivity contribution in [3.63, 3.8) is 0 Å². The van der Waals surface area contributed by atoms with Crippen LogP contribution in [0.1, 0.15) is 5.56 Å². The molecule has 0 amide bonds. The first-order valence-electron chi connectivity index (χ1n) is 3.54. The summed E-state index contributed by atoms with van der Waals surface area (Å²) < 4.78 is 38.0. The van der Waals surface area contributed by atoms with E-state index in [1.165, 1.54) is 19.4 Å². The molecule has 0 aliphatic rings. The number of hydrogen-bond donors (Lipinski definition) is 0. The molecule has 78 valence electrons. The number of hydrogen-bond acceptors (Lipinski definition) is 4. The molecule has 1 rings (SSSR count). The quantitative estimate of drug-likeness (QED) is 0.751. The molecule has 7 heteroatoms. The van der Waals surface area contributed by atoms with E-state index >= 15 is 0 Å². The van der Waals surface area contributed by atoms with Crippen molar-refractivity contribution in [3.8, 4) is 5.88 Å². The van der Waals surface area contributed by atoms with E-state index < -0.39 is 16.0 Å². The van der Waals surface area contributed by atoms with Gasteiger partial charge in [-0.25, -0.2) is 4.98 Å². The van der Waals surface area contributed by atoms with Crippen LogP contribution in [0.4, 0.5) is 3.89 Å². The monoisotopic (exact) mass is 239 g/mol. The molecule has 4 nitrogen and oxygen atoms in total. The van der Waals surface area contributed by atoms with E-state index in [-0.39, 0.29) is 16.5 Å². The van der Waals surface area contributed by atoms with Crippen LogP contribution >= 0.6 is 11.6 Å². The van der Waals surface area contributed by atoms with Crippen LogP contribution in [0.3, 0.4) is 0 Å². The fourth-order valence-corrected chi connectivity index (χ4v) is 1.84. The van der Waals surface area contributed by atoms with Crippen LogP contribution in [-0.4, -0.2) is 20.5 Å². The summed E-state index contributed by atoms with van der Waals surface area (Å²) in [6.07, 6.45) is 1.34. The lowest BCUT2D eigenvalue weighted by Crippen LogP contribution is -2.01. The number of nitrogens with zero attached hydrogens (tertiary/aromatic N) is 1. The van der Waals surface area contributed by atoms with Gasteiger partial charge in [0.25, 0.3) is 0 Å². The summed E-state index contributed by atoms with van der Waals surface area (Å²) in [7, 11) is -3.34.